The van der Waals surface area contributed by atoms with Crippen molar-refractivity contribution in [1.29, 1.82) is 0 Å². The van der Waals surface area contributed by atoms with Crippen LogP contribution in [-0.2, 0) is 6.54 Å². The average Bonchev–Trinajstić information content (AvgIpc) is 2.65. The summed E-state index contributed by atoms with van der Waals surface area (Å²) >= 11 is 1.63. The number of nitro groups is 1. The maximum atomic E-state index is 14.1. The van der Waals surface area contributed by atoms with Gasteiger partial charge in [0, 0.05) is 22.9 Å². The van der Waals surface area contributed by atoms with E-state index in [0.717, 1.165) is 10.5 Å². The number of halogens is 1. The molecule has 0 aliphatic rings. The lowest BCUT2D eigenvalue weighted by Crippen LogP contribution is -2.04. The zero-order valence-corrected chi connectivity index (χ0v) is 15.0. The summed E-state index contributed by atoms with van der Waals surface area (Å²) in [6.45, 7) is 0.363. The molecule has 134 valence electrons. The number of hydrogen-bond donors (Lipinski definition) is 1. The summed E-state index contributed by atoms with van der Waals surface area (Å²) in [5.41, 5.74) is 1.39. The molecular formula is C18H16FN3O3S. The molecule has 1 N–H and O–H groups in total. The van der Waals surface area contributed by atoms with Gasteiger partial charge < -0.3 is 10.1 Å². The molecule has 0 fully saturated rings. The second kappa shape index (κ2) is 7.57. The Bertz CT molecular complexity index is 964. The van der Waals surface area contributed by atoms with Gasteiger partial charge in [0.1, 0.15) is 11.9 Å². The number of anilines is 1. The van der Waals surface area contributed by atoms with E-state index < -0.39 is 10.7 Å². The van der Waals surface area contributed by atoms with Crippen LogP contribution in [0.2, 0.25) is 0 Å². The first-order valence-corrected chi connectivity index (χ1v) is 8.93. The van der Waals surface area contributed by atoms with Crippen molar-refractivity contribution < 1.29 is 14.1 Å². The Labute approximate surface area is 153 Å². The van der Waals surface area contributed by atoms with Gasteiger partial charge in [0.25, 0.3) is 0 Å². The summed E-state index contributed by atoms with van der Waals surface area (Å²) in [6, 6.07) is 10.5. The molecule has 3 rings (SSSR count). The number of rotatable bonds is 6. The van der Waals surface area contributed by atoms with Gasteiger partial charge in [-0.3, -0.25) is 10.1 Å². The number of benzene rings is 2. The number of ether oxygens (including phenoxy) is 1. The predicted octanol–water partition coefficient (Wildman–Crippen LogP) is 4.62. The molecule has 0 saturated carbocycles. The lowest BCUT2D eigenvalue weighted by atomic mass is 10.1. The Hall–Kier alpha value is -2.87. The highest BCUT2D eigenvalue weighted by atomic mass is 32.2. The van der Waals surface area contributed by atoms with E-state index in [4.69, 9.17) is 4.74 Å². The molecule has 0 saturated heterocycles. The van der Waals surface area contributed by atoms with E-state index in [9.17, 15) is 14.5 Å². The van der Waals surface area contributed by atoms with Crippen molar-refractivity contribution in [3.8, 4) is 5.75 Å². The summed E-state index contributed by atoms with van der Waals surface area (Å²) < 4.78 is 19.1. The molecule has 0 amide bonds. The highest BCUT2D eigenvalue weighted by molar-refractivity contribution is 7.98. The molecular weight excluding hydrogens is 357 g/mol. The second-order valence-electron chi connectivity index (χ2n) is 5.48. The van der Waals surface area contributed by atoms with E-state index in [1.165, 1.54) is 25.4 Å². The van der Waals surface area contributed by atoms with Gasteiger partial charge in [-0.25, -0.2) is 9.37 Å². The number of aromatic nitrogens is 1. The molecule has 0 aliphatic heterocycles. The first-order valence-electron chi connectivity index (χ1n) is 7.71. The Kier molecular flexibility index (Phi) is 5.22. The first kappa shape index (κ1) is 17.9. The van der Waals surface area contributed by atoms with Gasteiger partial charge in [0.2, 0.25) is 0 Å². The van der Waals surface area contributed by atoms with Crippen molar-refractivity contribution in [2.75, 3.05) is 18.7 Å². The molecule has 3 aromatic rings. The van der Waals surface area contributed by atoms with Gasteiger partial charge in [0.15, 0.2) is 11.6 Å². The highest BCUT2D eigenvalue weighted by Gasteiger charge is 2.20. The fourth-order valence-electron chi connectivity index (χ4n) is 2.60. The number of thioether (sulfide) groups is 1. The Balaban J connectivity index is 2.01. The Morgan fingerprint density at radius 2 is 2.04 bits per heavy atom. The fourth-order valence-corrected chi connectivity index (χ4v) is 3.01. The van der Waals surface area contributed by atoms with Crippen LogP contribution >= 0.6 is 11.8 Å². The van der Waals surface area contributed by atoms with E-state index in [1.54, 1.807) is 11.8 Å². The third-order valence-corrected chi connectivity index (χ3v) is 4.69. The Morgan fingerprint density at radius 3 is 2.65 bits per heavy atom. The third kappa shape index (κ3) is 3.55. The number of fused-ring (bicyclic) bond motifs is 1. The molecule has 6 nitrogen and oxygen atoms in total. The van der Waals surface area contributed by atoms with E-state index in [2.05, 4.69) is 10.3 Å². The van der Waals surface area contributed by atoms with Crippen LogP contribution in [0, 0.1) is 15.9 Å². The van der Waals surface area contributed by atoms with E-state index in [-0.39, 0.29) is 17.1 Å². The van der Waals surface area contributed by atoms with Gasteiger partial charge in [-0.2, -0.15) is 0 Å². The summed E-state index contributed by atoms with van der Waals surface area (Å²) in [5.74, 6) is -0.563. The monoisotopic (exact) mass is 373 g/mol. The topological polar surface area (TPSA) is 77.3 Å². The Morgan fingerprint density at radius 1 is 1.31 bits per heavy atom. The minimum absolute atomic E-state index is 0.0393. The molecule has 8 heteroatoms. The van der Waals surface area contributed by atoms with Crippen LogP contribution in [0.4, 0.5) is 15.8 Å². The zero-order chi connectivity index (χ0) is 18.7. The van der Waals surface area contributed by atoms with Crippen LogP contribution in [0.5, 0.6) is 5.75 Å². The molecule has 0 bridgehead atoms. The van der Waals surface area contributed by atoms with Crippen LogP contribution in [0.15, 0.2) is 47.5 Å². The number of pyridine rings is 1. The van der Waals surface area contributed by atoms with Gasteiger partial charge in [0.05, 0.1) is 17.5 Å². The maximum absolute atomic E-state index is 14.1. The zero-order valence-electron chi connectivity index (χ0n) is 14.2. The van der Waals surface area contributed by atoms with Gasteiger partial charge >= 0.3 is 5.69 Å². The van der Waals surface area contributed by atoms with Crippen LogP contribution in [0.3, 0.4) is 0 Å². The van der Waals surface area contributed by atoms with Crippen LogP contribution in [-0.4, -0.2) is 23.3 Å². The van der Waals surface area contributed by atoms with Crippen LogP contribution in [0.1, 0.15) is 5.56 Å². The van der Waals surface area contributed by atoms with E-state index >= 15 is 0 Å². The molecule has 0 radical (unpaired) electrons. The molecule has 1 aromatic heterocycles. The molecule has 0 spiro atoms. The molecule has 0 aliphatic carbocycles. The predicted molar refractivity (Wildman–Crippen MR) is 100 cm³/mol. The number of methoxy groups -OCH3 is 1. The lowest BCUT2D eigenvalue weighted by molar-refractivity contribution is -0.384. The van der Waals surface area contributed by atoms with Crippen LogP contribution in [0.25, 0.3) is 10.9 Å². The third-order valence-electron chi connectivity index (χ3n) is 3.95. The largest absolute Gasteiger partial charge is 0.494 e. The first-order chi connectivity index (χ1) is 12.5. The van der Waals surface area contributed by atoms with Crippen molar-refractivity contribution in [3.63, 3.8) is 0 Å². The van der Waals surface area contributed by atoms with Crippen molar-refractivity contribution in [3.05, 3.63) is 64.1 Å². The normalized spacial score (nSPS) is 10.7. The molecule has 0 unspecified atom stereocenters. The second-order valence-corrected chi connectivity index (χ2v) is 6.36. The quantitative estimate of drug-likeness (QED) is 0.386. The molecule has 1 heterocycles. The van der Waals surface area contributed by atoms with Crippen molar-refractivity contribution in [2.24, 2.45) is 0 Å². The summed E-state index contributed by atoms with van der Waals surface area (Å²) in [6.07, 6.45) is 3.15. The smallest absolute Gasteiger partial charge is 0.311 e. The van der Waals surface area contributed by atoms with Crippen molar-refractivity contribution >= 4 is 34.0 Å². The number of nitrogens with zero attached hydrogens (tertiary/aromatic N) is 2. The van der Waals surface area contributed by atoms with E-state index in [0.29, 0.717) is 17.4 Å². The molecule has 26 heavy (non-hydrogen) atoms. The molecule has 0 atom stereocenters. The maximum Gasteiger partial charge on any atom is 0.311 e. The van der Waals surface area contributed by atoms with Gasteiger partial charge in [-0.1, -0.05) is 12.1 Å². The minimum Gasteiger partial charge on any atom is -0.494 e. The summed E-state index contributed by atoms with van der Waals surface area (Å²) in [5, 5.41) is 14.8. The number of nitrogens with one attached hydrogen (secondary N) is 1. The minimum atomic E-state index is -0.602. The highest BCUT2D eigenvalue weighted by Crippen LogP contribution is 2.35. The SMILES string of the molecule is COc1cc2ncc([N+](=O)[O-])c(NCc3ccc(SC)cc3)c2cc1F. The van der Waals surface area contributed by atoms with Crippen molar-refractivity contribution in [2.45, 2.75) is 11.4 Å². The number of hydrogen-bond acceptors (Lipinski definition) is 6. The van der Waals surface area contributed by atoms with E-state index in [1.807, 2.05) is 30.5 Å². The standard InChI is InChI=1S/C18H16FN3O3S/c1-25-17-8-15-13(7-14(17)19)18(16(10-20-15)22(23)24)21-9-11-3-5-12(26-2)6-4-11/h3-8,10H,9H2,1-2H3,(H,20,21). The van der Waals surface area contributed by atoms with Crippen molar-refractivity contribution in [1.82, 2.24) is 4.98 Å². The van der Waals surface area contributed by atoms with Gasteiger partial charge in [-0.15, -0.1) is 11.8 Å². The van der Waals surface area contributed by atoms with Gasteiger partial charge in [-0.05, 0) is 30.0 Å². The lowest BCUT2D eigenvalue weighted by Gasteiger charge is -2.12. The summed E-state index contributed by atoms with van der Waals surface area (Å²) in [4.78, 5) is 16.0. The summed E-state index contributed by atoms with van der Waals surface area (Å²) in [7, 11) is 1.35. The average molecular weight is 373 g/mol. The molecule has 2 aromatic carbocycles. The fraction of sp³-hybridized carbons (Fsp3) is 0.167. The van der Waals surface area contributed by atoms with Crippen LogP contribution < -0.4 is 10.1 Å².